The lowest BCUT2D eigenvalue weighted by molar-refractivity contribution is -0.137. The number of hydrogen-bond donors (Lipinski definition) is 1. The van der Waals surface area contributed by atoms with E-state index in [4.69, 9.17) is 5.11 Å². The third-order valence-electron chi connectivity index (χ3n) is 2.94. The Morgan fingerprint density at radius 2 is 1.95 bits per heavy atom. The molecular weight excluding hydrogens is 278 g/mol. The van der Waals surface area contributed by atoms with Gasteiger partial charge >= 0.3 is 5.97 Å². The lowest BCUT2D eigenvalue weighted by Gasteiger charge is -2.19. The quantitative estimate of drug-likeness (QED) is 0.903. The third-order valence-corrected chi connectivity index (χ3v) is 5.20. The number of benzene rings is 1. The van der Waals surface area contributed by atoms with Crippen LogP contribution in [-0.2, 0) is 14.6 Å². The zero-order valence-corrected chi connectivity index (χ0v) is 11.2. The van der Waals surface area contributed by atoms with E-state index in [-0.39, 0.29) is 6.42 Å². The predicted molar refractivity (Wildman–Crippen MR) is 64.4 cm³/mol. The molecule has 106 valence electrons. The minimum Gasteiger partial charge on any atom is -0.480 e. The second-order valence-electron chi connectivity index (χ2n) is 4.26. The number of hydrogen-bond acceptors (Lipinski definition) is 3. The molecule has 0 aromatic heterocycles. The smallest absolute Gasteiger partial charge is 0.322 e. The summed E-state index contributed by atoms with van der Waals surface area (Å²) < 4.78 is 50.9. The SMILES string of the molecule is CCC(C)C(C(=O)O)S(=O)(=O)c1cc(F)ccc1F. The molecule has 1 aromatic carbocycles. The number of carbonyl (C=O) groups is 1. The van der Waals surface area contributed by atoms with Crippen LogP contribution in [0.4, 0.5) is 8.78 Å². The fourth-order valence-corrected chi connectivity index (χ4v) is 3.69. The zero-order chi connectivity index (χ0) is 14.8. The molecule has 7 heteroatoms. The number of halogens is 2. The largest absolute Gasteiger partial charge is 0.480 e. The van der Waals surface area contributed by atoms with E-state index in [2.05, 4.69) is 0 Å². The highest BCUT2D eigenvalue weighted by molar-refractivity contribution is 7.92. The van der Waals surface area contributed by atoms with Crippen molar-refractivity contribution >= 4 is 15.8 Å². The maximum Gasteiger partial charge on any atom is 0.322 e. The Kier molecular flexibility index (Phi) is 4.62. The molecule has 0 spiro atoms. The Morgan fingerprint density at radius 3 is 2.42 bits per heavy atom. The lowest BCUT2D eigenvalue weighted by Crippen LogP contribution is -2.36. The molecular formula is C12H14F2O4S. The van der Waals surface area contributed by atoms with Gasteiger partial charge in [-0.15, -0.1) is 0 Å². The highest BCUT2D eigenvalue weighted by Gasteiger charge is 2.39. The third kappa shape index (κ3) is 3.09. The van der Waals surface area contributed by atoms with E-state index in [1.165, 1.54) is 6.92 Å². The second-order valence-corrected chi connectivity index (χ2v) is 6.30. The second kappa shape index (κ2) is 5.64. The van der Waals surface area contributed by atoms with Gasteiger partial charge in [0.05, 0.1) is 0 Å². The molecule has 19 heavy (non-hydrogen) atoms. The van der Waals surface area contributed by atoms with Gasteiger partial charge in [-0.05, 0) is 24.1 Å². The molecule has 2 unspecified atom stereocenters. The first-order valence-electron chi connectivity index (χ1n) is 5.63. The minimum atomic E-state index is -4.48. The Labute approximate surface area is 110 Å². The Bertz CT molecular complexity index is 583. The molecule has 0 aliphatic carbocycles. The summed E-state index contributed by atoms with van der Waals surface area (Å²) in [5, 5.41) is 7.24. The molecule has 1 rings (SSSR count). The number of sulfone groups is 1. The van der Waals surface area contributed by atoms with Crippen LogP contribution in [0.1, 0.15) is 20.3 Å². The van der Waals surface area contributed by atoms with Gasteiger partial charge in [0.15, 0.2) is 15.1 Å². The van der Waals surface area contributed by atoms with E-state index in [0.29, 0.717) is 12.1 Å². The lowest BCUT2D eigenvalue weighted by atomic mass is 10.1. The summed E-state index contributed by atoms with van der Waals surface area (Å²) in [5.41, 5.74) is 0. The van der Waals surface area contributed by atoms with Crippen LogP contribution in [0, 0.1) is 17.6 Å². The van der Waals surface area contributed by atoms with Crippen LogP contribution in [0.3, 0.4) is 0 Å². The van der Waals surface area contributed by atoms with Crippen molar-refractivity contribution in [2.24, 2.45) is 5.92 Å². The van der Waals surface area contributed by atoms with Crippen LogP contribution in [0.2, 0.25) is 0 Å². The Morgan fingerprint density at radius 1 is 1.37 bits per heavy atom. The van der Waals surface area contributed by atoms with E-state index < -0.39 is 43.5 Å². The summed E-state index contributed by atoms with van der Waals surface area (Å²) in [5.74, 6) is -4.38. The van der Waals surface area contributed by atoms with Gasteiger partial charge in [-0.2, -0.15) is 0 Å². The van der Waals surface area contributed by atoms with Gasteiger partial charge in [0.1, 0.15) is 16.5 Å². The molecule has 1 aromatic rings. The van der Waals surface area contributed by atoms with E-state index >= 15 is 0 Å². The number of aliphatic carboxylic acids is 1. The van der Waals surface area contributed by atoms with Crippen LogP contribution in [0.5, 0.6) is 0 Å². The van der Waals surface area contributed by atoms with Crippen LogP contribution >= 0.6 is 0 Å². The van der Waals surface area contributed by atoms with Crippen molar-refractivity contribution in [2.75, 3.05) is 0 Å². The average Bonchev–Trinajstić information content (AvgIpc) is 2.31. The van der Waals surface area contributed by atoms with Crippen molar-refractivity contribution in [3.8, 4) is 0 Å². The van der Waals surface area contributed by atoms with E-state index in [0.717, 1.165) is 6.07 Å². The van der Waals surface area contributed by atoms with Crippen molar-refractivity contribution in [1.29, 1.82) is 0 Å². The molecule has 0 saturated carbocycles. The number of carboxylic acid groups (broad SMARTS) is 1. The zero-order valence-electron chi connectivity index (χ0n) is 10.4. The summed E-state index contributed by atoms with van der Waals surface area (Å²) in [7, 11) is -4.48. The number of rotatable bonds is 5. The van der Waals surface area contributed by atoms with Crippen LogP contribution in [0.25, 0.3) is 0 Å². The van der Waals surface area contributed by atoms with Gasteiger partial charge in [-0.1, -0.05) is 20.3 Å². The molecule has 0 bridgehead atoms. The van der Waals surface area contributed by atoms with Crippen LogP contribution in [0.15, 0.2) is 23.1 Å². The van der Waals surface area contributed by atoms with Crippen molar-refractivity contribution in [3.05, 3.63) is 29.8 Å². The maximum atomic E-state index is 13.5. The highest BCUT2D eigenvalue weighted by Crippen LogP contribution is 2.26. The molecule has 0 saturated heterocycles. The first-order chi connectivity index (χ1) is 8.71. The van der Waals surface area contributed by atoms with E-state index in [1.807, 2.05) is 0 Å². The van der Waals surface area contributed by atoms with E-state index in [1.54, 1.807) is 6.92 Å². The van der Waals surface area contributed by atoms with Crippen molar-refractivity contribution < 1.29 is 27.1 Å². The van der Waals surface area contributed by atoms with Gasteiger partial charge in [-0.3, -0.25) is 4.79 Å². The Hall–Kier alpha value is -1.50. The van der Waals surface area contributed by atoms with Crippen molar-refractivity contribution in [3.63, 3.8) is 0 Å². The molecule has 0 heterocycles. The highest BCUT2D eigenvalue weighted by atomic mass is 32.2. The predicted octanol–water partition coefficient (Wildman–Crippen LogP) is 2.24. The minimum absolute atomic E-state index is 0.285. The molecule has 2 atom stereocenters. The number of carboxylic acids is 1. The fraction of sp³-hybridized carbons (Fsp3) is 0.417. The van der Waals surface area contributed by atoms with E-state index in [9.17, 15) is 22.0 Å². The topological polar surface area (TPSA) is 71.4 Å². The van der Waals surface area contributed by atoms with Gasteiger partial charge < -0.3 is 5.11 Å². The molecule has 0 radical (unpaired) electrons. The molecule has 0 fully saturated rings. The summed E-state index contributed by atoms with van der Waals surface area (Å²) in [6.45, 7) is 3.06. The van der Waals surface area contributed by atoms with Gasteiger partial charge in [0.25, 0.3) is 0 Å². The molecule has 0 aliphatic heterocycles. The van der Waals surface area contributed by atoms with Gasteiger partial charge in [-0.25, -0.2) is 17.2 Å². The first-order valence-corrected chi connectivity index (χ1v) is 7.18. The molecule has 4 nitrogen and oxygen atoms in total. The first kappa shape index (κ1) is 15.6. The normalized spacial score (nSPS) is 14.9. The summed E-state index contributed by atoms with van der Waals surface area (Å²) >= 11 is 0. The summed E-state index contributed by atoms with van der Waals surface area (Å²) in [6.07, 6.45) is 0.285. The van der Waals surface area contributed by atoms with Crippen molar-refractivity contribution in [1.82, 2.24) is 0 Å². The van der Waals surface area contributed by atoms with Gasteiger partial charge in [0.2, 0.25) is 0 Å². The molecule has 0 amide bonds. The summed E-state index contributed by atoms with van der Waals surface area (Å²) in [4.78, 5) is 10.2. The molecule has 1 N–H and O–H groups in total. The maximum absolute atomic E-state index is 13.5. The van der Waals surface area contributed by atoms with Crippen LogP contribution < -0.4 is 0 Å². The standard InChI is InChI=1S/C12H14F2O4S/c1-3-7(2)11(12(15)16)19(17,18)10-6-8(13)4-5-9(10)14/h4-7,11H,3H2,1-2H3,(H,15,16). The van der Waals surface area contributed by atoms with Crippen LogP contribution in [-0.4, -0.2) is 24.7 Å². The fourth-order valence-electron chi connectivity index (χ4n) is 1.73. The average molecular weight is 292 g/mol. The van der Waals surface area contributed by atoms with Gasteiger partial charge in [0, 0.05) is 0 Å². The summed E-state index contributed by atoms with van der Waals surface area (Å²) in [6, 6.07) is 1.94. The monoisotopic (exact) mass is 292 g/mol. The van der Waals surface area contributed by atoms with Crippen molar-refractivity contribution in [2.45, 2.75) is 30.4 Å². The molecule has 0 aliphatic rings. The Balaban J connectivity index is 3.43.